The van der Waals surface area contributed by atoms with Crippen molar-refractivity contribution in [3.05, 3.63) is 64.1 Å². The van der Waals surface area contributed by atoms with Crippen molar-refractivity contribution in [2.45, 2.75) is 77.4 Å². The van der Waals surface area contributed by atoms with Crippen LogP contribution in [0.2, 0.25) is 0 Å². The van der Waals surface area contributed by atoms with Crippen LogP contribution >= 0.6 is 15.9 Å². The number of carboxylic acids is 1. The smallest absolute Gasteiger partial charge is 0.326 e. The number of nitrogens with zero attached hydrogens (tertiary/aromatic N) is 1. The third-order valence-corrected chi connectivity index (χ3v) is 8.73. The second-order valence-electron chi connectivity index (χ2n) is 11.7. The maximum absolute atomic E-state index is 14.3. The lowest BCUT2D eigenvalue weighted by Gasteiger charge is -2.36. The molecular formula is C31H40BrNO6. The average molecular weight is 603 g/mol. The fourth-order valence-corrected chi connectivity index (χ4v) is 6.84. The number of benzene rings is 2. The van der Waals surface area contributed by atoms with Crippen LogP contribution in [0.25, 0.3) is 0 Å². The zero-order chi connectivity index (χ0) is 28.3. The molecule has 212 valence electrons. The molecule has 2 fully saturated rings. The number of carbonyl (C=O) groups excluding carboxylic acids is 1. The second kappa shape index (κ2) is 12.4. The fraction of sp³-hybridized carbons (Fsp3) is 0.548. The Hall–Kier alpha value is -2.42. The van der Waals surface area contributed by atoms with E-state index in [4.69, 9.17) is 14.2 Å². The van der Waals surface area contributed by atoms with Crippen LogP contribution in [0.1, 0.15) is 63.6 Å². The maximum atomic E-state index is 14.3. The lowest BCUT2D eigenvalue weighted by molar-refractivity contribution is -0.155. The number of hydrogen-bond acceptors (Lipinski definition) is 5. The van der Waals surface area contributed by atoms with Crippen LogP contribution in [-0.2, 0) is 25.7 Å². The molecule has 2 aromatic rings. The molecule has 1 aliphatic heterocycles. The summed E-state index contributed by atoms with van der Waals surface area (Å²) in [5.74, 6) is -1.19. The summed E-state index contributed by atoms with van der Waals surface area (Å²) >= 11 is 3.53. The third-order valence-electron chi connectivity index (χ3n) is 8.24. The summed E-state index contributed by atoms with van der Waals surface area (Å²) in [7, 11) is 3.29. The molecule has 2 aromatic carbocycles. The van der Waals surface area contributed by atoms with Crippen molar-refractivity contribution in [2.75, 3.05) is 14.2 Å². The molecule has 2 aliphatic rings. The molecule has 6 atom stereocenters. The number of amides is 1. The van der Waals surface area contributed by atoms with Crippen LogP contribution in [0.4, 0.5) is 0 Å². The van der Waals surface area contributed by atoms with Gasteiger partial charge in [-0.15, -0.1) is 0 Å². The van der Waals surface area contributed by atoms with Gasteiger partial charge in [-0.3, -0.25) is 4.79 Å². The zero-order valence-corrected chi connectivity index (χ0v) is 25.0. The van der Waals surface area contributed by atoms with E-state index in [9.17, 15) is 14.7 Å². The number of methoxy groups -OCH3 is 2. The standard InChI is InChI=1S/C31H40BrNO6/c1-31(2,3)25-27(30(35)36)33(29(34)20-12-9-13-23(17-20)37-4)26(19-10-7-6-8-11-19)28(25)39-18-21-16-22(32)14-15-24(21)38-5/h6-8,10-11,14-16,20,23,25-28H,9,12-13,17-18H2,1-5H3,(H,35,36)/t20-,23-,25-,26+,27+,28+/m1/s1. The van der Waals surface area contributed by atoms with E-state index in [-0.39, 0.29) is 24.5 Å². The van der Waals surface area contributed by atoms with Crippen LogP contribution in [0.3, 0.4) is 0 Å². The first-order valence-electron chi connectivity index (χ1n) is 13.6. The molecule has 0 unspecified atom stereocenters. The van der Waals surface area contributed by atoms with Gasteiger partial charge < -0.3 is 24.2 Å². The molecule has 1 saturated carbocycles. The Labute approximate surface area is 239 Å². The van der Waals surface area contributed by atoms with Crippen molar-refractivity contribution in [3.63, 3.8) is 0 Å². The largest absolute Gasteiger partial charge is 0.496 e. The van der Waals surface area contributed by atoms with Gasteiger partial charge in [0.2, 0.25) is 5.91 Å². The van der Waals surface area contributed by atoms with Crippen molar-refractivity contribution >= 4 is 27.8 Å². The predicted octanol–water partition coefficient (Wildman–Crippen LogP) is 6.25. The number of ether oxygens (including phenoxy) is 3. The van der Waals surface area contributed by atoms with Crippen LogP contribution in [-0.4, -0.2) is 54.4 Å². The molecule has 1 heterocycles. The van der Waals surface area contributed by atoms with Crippen LogP contribution in [0.15, 0.2) is 53.0 Å². The first kappa shape index (κ1) is 29.6. The lowest BCUT2D eigenvalue weighted by Crippen LogP contribution is -2.49. The first-order chi connectivity index (χ1) is 18.6. The SMILES string of the molecule is COc1ccc(Br)cc1CO[C@H]1[C@H](C(C)(C)C)[C@@H](C(=O)O)N(C(=O)[C@@H]2CCC[C@@H](OC)C2)[C@H]1c1ccccc1. The summed E-state index contributed by atoms with van der Waals surface area (Å²) in [6.45, 7) is 6.30. The molecule has 8 heteroatoms. The maximum Gasteiger partial charge on any atom is 0.326 e. The van der Waals surface area contributed by atoms with Gasteiger partial charge in [0.05, 0.1) is 32.0 Å². The highest BCUT2D eigenvalue weighted by atomic mass is 79.9. The van der Waals surface area contributed by atoms with Crippen molar-refractivity contribution in [3.8, 4) is 5.75 Å². The Morgan fingerprint density at radius 3 is 2.41 bits per heavy atom. The fourth-order valence-electron chi connectivity index (χ4n) is 6.43. The van der Waals surface area contributed by atoms with E-state index in [1.807, 2.05) is 69.3 Å². The molecule has 7 nitrogen and oxygen atoms in total. The van der Waals surface area contributed by atoms with E-state index in [1.165, 1.54) is 0 Å². The van der Waals surface area contributed by atoms with Crippen molar-refractivity contribution in [1.29, 1.82) is 0 Å². The van der Waals surface area contributed by atoms with Gasteiger partial charge in [-0.05, 0) is 48.4 Å². The van der Waals surface area contributed by atoms with Crippen molar-refractivity contribution in [1.82, 2.24) is 4.90 Å². The second-order valence-corrected chi connectivity index (χ2v) is 12.6. The number of aliphatic carboxylic acids is 1. The summed E-state index contributed by atoms with van der Waals surface area (Å²) < 4.78 is 18.8. The molecule has 0 spiro atoms. The molecule has 1 N–H and O–H groups in total. The van der Waals surface area contributed by atoms with Crippen molar-refractivity contribution in [2.24, 2.45) is 17.3 Å². The Morgan fingerprint density at radius 1 is 1.08 bits per heavy atom. The summed E-state index contributed by atoms with van der Waals surface area (Å²) in [6, 6.07) is 13.8. The average Bonchev–Trinajstić information content (AvgIpc) is 3.28. The van der Waals surface area contributed by atoms with Gasteiger partial charge in [0.25, 0.3) is 0 Å². The topological polar surface area (TPSA) is 85.3 Å². The number of hydrogen-bond donors (Lipinski definition) is 1. The van der Waals surface area contributed by atoms with Gasteiger partial charge in [0.1, 0.15) is 11.8 Å². The number of likely N-dealkylation sites (tertiary alicyclic amines) is 1. The third kappa shape index (κ3) is 6.34. The Bertz CT molecular complexity index is 1150. The molecule has 0 radical (unpaired) electrons. The monoisotopic (exact) mass is 601 g/mol. The minimum Gasteiger partial charge on any atom is -0.496 e. The van der Waals surface area contributed by atoms with Gasteiger partial charge in [0, 0.05) is 29.0 Å². The molecular weight excluding hydrogens is 562 g/mol. The van der Waals surface area contributed by atoms with E-state index in [0.29, 0.717) is 12.2 Å². The summed E-state index contributed by atoms with van der Waals surface area (Å²) in [5, 5.41) is 10.6. The minimum atomic E-state index is -1.03. The van der Waals surface area contributed by atoms with Gasteiger partial charge >= 0.3 is 5.97 Å². The van der Waals surface area contributed by atoms with E-state index in [1.54, 1.807) is 19.1 Å². The molecule has 39 heavy (non-hydrogen) atoms. The lowest BCUT2D eigenvalue weighted by atomic mass is 9.73. The Kier molecular flexibility index (Phi) is 9.40. The van der Waals surface area contributed by atoms with E-state index in [2.05, 4.69) is 15.9 Å². The molecule has 4 rings (SSSR count). The van der Waals surface area contributed by atoms with Gasteiger partial charge in [-0.1, -0.05) is 73.5 Å². The van der Waals surface area contributed by atoms with Crippen LogP contribution in [0.5, 0.6) is 5.75 Å². The summed E-state index contributed by atoms with van der Waals surface area (Å²) in [4.78, 5) is 29.0. The van der Waals surface area contributed by atoms with Gasteiger partial charge in [0.15, 0.2) is 0 Å². The van der Waals surface area contributed by atoms with Crippen molar-refractivity contribution < 1.29 is 28.9 Å². The Morgan fingerprint density at radius 2 is 1.79 bits per heavy atom. The summed E-state index contributed by atoms with van der Waals surface area (Å²) in [6.07, 6.45) is 2.56. The zero-order valence-electron chi connectivity index (χ0n) is 23.4. The number of rotatable bonds is 8. The highest BCUT2D eigenvalue weighted by molar-refractivity contribution is 9.10. The van der Waals surface area contributed by atoms with Crippen LogP contribution in [0, 0.1) is 17.3 Å². The highest BCUT2D eigenvalue weighted by Gasteiger charge is 2.59. The van der Waals surface area contributed by atoms with Gasteiger partial charge in [-0.2, -0.15) is 0 Å². The number of carboxylic acid groups (broad SMARTS) is 1. The van der Waals surface area contributed by atoms with Gasteiger partial charge in [-0.25, -0.2) is 4.79 Å². The van der Waals surface area contributed by atoms with Crippen LogP contribution < -0.4 is 4.74 Å². The molecule has 1 amide bonds. The predicted molar refractivity (Wildman–Crippen MR) is 152 cm³/mol. The number of halogens is 1. The minimum absolute atomic E-state index is 0.00297. The highest BCUT2D eigenvalue weighted by Crippen LogP contribution is 2.51. The van der Waals surface area contributed by atoms with E-state index < -0.39 is 35.5 Å². The normalized spacial score (nSPS) is 27.4. The molecule has 1 aliphatic carbocycles. The first-order valence-corrected chi connectivity index (χ1v) is 14.4. The summed E-state index contributed by atoms with van der Waals surface area (Å²) in [5.41, 5.74) is 1.26. The van der Waals surface area contributed by atoms with E-state index >= 15 is 0 Å². The number of carbonyl (C=O) groups is 2. The molecule has 1 saturated heterocycles. The molecule has 0 bridgehead atoms. The quantitative estimate of drug-likeness (QED) is 0.385. The molecule has 0 aromatic heterocycles. The van der Waals surface area contributed by atoms with E-state index in [0.717, 1.165) is 34.9 Å². The Balaban J connectivity index is 1.80.